The van der Waals surface area contributed by atoms with Gasteiger partial charge in [0.25, 0.3) is 0 Å². The molecule has 0 aliphatic carbocycles. The Bertz CT molecular complexity index is 1420. The van der Waals surface area contributed by atoms with E-state index in [4.69, 9.17) is 16.2 Å². The van der Waals surface area contributed by atoms with E-state index in [-0.39, 0.29) is 18.0 Å². The Labute approximate surface area is 347 Å². The average molecular weight is 794 g/mol. The van der Waals surface area contributed by atoms with Crippen molar-refractivity contribution in [3.05, 3.63) is 84.0 Å². The molecule has 57 heavy (non-hydrogen) atoms. The first-order chi connectivity index (χ1) is 27.4. The minimum atomic E-state index is -0.0443. The van der Waals surface area contributed by atoms with Crippen LogP contribution in [0.2, 0.25) is 0 Å². The summed E-state index contributed by atoms with van der Waals surface area (Å²) in [5, 5.41) is 12.8. The van der Waals surface area contributed by atoms with Gasteiger partial charge in [0.1, 0.15) is 17.7 Å². The maximum absolute atomic E-state index is 12.3. The largest absolute Gasteiger partial charge is 0.483 e. The number of nitrogens with two attached hydrogens (primary N) is 2. The van der Waals surface area contributed by atoms with Crippen LogP contribution in [0.3, 0.4) is 0 Å². The molecule has 11 nitrogen and oxygen atoms in total. The molecule has 1 aliphatic rings. The van der Waals surface area contributed by atoms with Gasteiger partial charge in [0.15, 0.2) is 5.88 Å². The molecule has 0 radical (unpaired) electrons. The Balaban J connectivity index is -0.00000157. The fourth-order valence-corrected chi connectivity index (χ4v) is 4.63. The molecule has 11 heteroatoms. The van der Waals surface area contributed by atoms with Crippen molar-refractivity contribution in [2.75, 3.05) is 33.3 Å². The fourth-order valence-electron chi connectivity index (χ4n) is 4.63. The second-order valence-electron chi connectivity index (χ2n) is 13.0. The van der Waals surface area contributed by atoms with Crippen LogP contribution in [0.5, 0.6) is 11.5 Å². The molecule has 2 amide bonds. The van der Waals surface area contributed by atoms with Gasteiger partial charge in [-0.05, 0) is 90.9 Å². The predicted molar refractivity (Wildman–Crippen MR) is 243 cm³/mol. The number of likely N-dealkylation sites (N-methyl/N-ethyl adjacent to an activating group) is 1. The lowest BCUT2D eigenvalue weighted by Crippen LogP contribution is -2.43. The number of ether oxygens (including phenoxy) is 2. The number of terminal acetylenes is 1. The molecule has 0 aromatic heterocycles. The Morgan fingerprint density at radius 2 is 1.40 bits per heavy atom. The van der Waals surface area contributed by atoms with Crippen LogP contribution in [0.4, 0.5) is 0 Å². The van der Waals surface area contributed by atoms with Crippen LogP contribution in [0, 0.1) is 24.7 Å². The zero-order valence-electron chi connectivity index (χ0n) is 37.6. The van der Waals surface area contributed by atoms with Gasteiger partial charge in [-0.25, -0.2) is 0 Å². The quantitative estimate of drug-likeness (QED) is 0.0524. The molecule has 0 spiro atoms. The highest BCUT2D eigenvalue weighted by Crippen LogP contribution is 2.25. The van der Waals surface area contributed by atoms with Gasteiger partial charge < -0.3 is 47.1 Å². The summed E-state index contributed by atoms with van der Waals surface area (Å²) in [6, 6.07) is 15.4. The SMILES string of the molecule is C#C.CC.CC.CC/C=C(/N)OC.CCC.CCN(CCN/C=C(\N)c1ccc(Oc2ccc(C3=CNC(CNC(=O)CC(C)C)N3)cc2)cc1)C(=O)CC(C)C. The number of carbonyl (C=O) groups is 2. The van der Waals surface area contributed by atoms with E-state index >= 15 is 0 Å². The molecule has 322 valence electrons. The molecule has 1 aliphatic heterocycles. The third-order valence-corrected chi connectivity index (χ3v) is 7.19. The maximum atomic E-state index is 12.3. The second kappa shape index (κ2) is 36.4. The summed E-state index contributed by atoms with van der Waals surface area (Å²) < 4.78 is 10.6. The first-order valence-corrected chi connectivity index (χ1v) is 20.5. The molecule has 0 saturated carbocycles. The lowest BCUT2D eigenvalue weighted by molar-refractivity contribution is -0.131. The van der Waals surface area contributed by atoms with Crippen molar-refractivity contribution in [2.24, 2.45) is 23.3 Å². The lowest BCUT2D eigenvalue weighted by Gasteiger charge is -2.21. The zero-order chi connectivity index (χ0) is 44.2. The number of rotatable bonds is 17. The van der Waals surface area contributed by atoms with E-state index in [9.17, 15) is 9.59 Å². The van der Waals surface area contributed by atoms with Crippen LogP contribution in [-0.4, -0.2) is 56.2 Å². The summed E-state index contributed by atoms with van der Waals surface area (Å²) in [5.41, 5.74) is 14.9. The smallest absolute Gasteiger partial charge is 0.222 e. The van der Waals surface area contributed by atoms with E-state index in [2.05, 4.69) is 66.5 Å². The van der Waals surface area contributed by atoms with Crippen molar-refractivity contribution in [1.82, 2.24) is 26.2 Å². The van der Waals surface area contributed by atoms with E-state index in [1.54, 1.807) is 13.3 Å². The summed E-state index contributed by atoms with van der Waals surface area (Å²) in [5.74, 6) is 2.87. The van der Waals surface area contributed by atoms with Crippen molar-refractivity contribution in [3.8, 4) is 24.3 Å². The first kappa shape index (κ1) is 56.1. The van der Waals surface area contributed by atoms with Gasteiger partial charge >= 0.3 is 0 Å². The molecule has 3 rings (SSSR count). The number of hydrogen-bond donors (Lipinski definition) is 6. The molecule has 8 N–H and O–H groups in total. The van der Waals surface area contributed by atoms with Crippen molar-refractivity contribution >= 4 is 23.2 Å². The Hall–Kier alpha value is -5.24. The molecule has 1 heterocycles. The number of nitrogens with zero attached hydrogens (tertiary/aromatic N) is 1. The highest BCUT2D eigenvalue weighted by atomic mass is 16.5. The fraction of sp³-hybridized carbons (Fsp3) is 0.522. The van der Waals surface area contributed by atoms with Crippen LogP contribution in [0.25, 0.3) is 11.4 Å². The number of methoxy groups -OCH3 is 1. The molecule has 2 aromatic rings. The average Bonchev–Trinajstić information content (AvgIpc) is 3.69. The summed E-state index contributed by atoms with van der Waals surface area (Å²) in [4.78, 5) is 26.0. The van der Waals surface area contributed by atoms with Gasteiger partial charge in [-0.2, -0.15) is 0 Å². The monoisotopic (exact) mass is 794 g/mol. The third kappa shape index (κ3) is 27.1. The molecule has 0 saturated heterocycles. The third-order valence-electron chi connectivity index (χ3n) is 7.19. The molecular formula is C46H79N7O4. The number of carbonyl (C=O) groups excluding carboxylic acids is 2. The number of amides is 2. The number of benzene rings is 2. The van der Waals surface area contributed by atoms with Gasteiger partial charge in [0.2, 0.25) is 11.8 Å². The summed E-state index contributed by atoms with van der Waals surface area (Å²) in [6.45, 7) is 26.9. The van der Waals surface area contributed by atoms with Gasteiger partial charge in [-0.1, -0.05) is 82.6 Å². The highest BCUT2D eigenvalue weighted by Gasteiger charge is 2.17. The van der Waals surface area contributed by atoms with Crippen LogP contribution < -0.4 is 37.5 Å². The van der Waals surface area contributed by atoms with Gasteiger partial charge in [-0.3, -0.25) is 9.59 Å². The Kier molecular flexibility index (Phi) is 35.8. The molecule has 2 aromatic carbocycles. The minimum absolute atomic E-state index is 0.0443. The van der Waals surface area contributed by atoms with Crippen molar-refractivity contribution in [2.45, 2.75) is 115 Å². The Morgan fingerprint density at radius 3 is 1.86 bits per heavy atom. The zero-order valence-corrected chi connectivity index (χ0v) is 37.6. The van der Waals surface area contributed by atoms with E-state index < -0.39 is 0 Å². The second-order valence-corrected chi connectivity index (χ2v) is 13.0. The van der Waals surface area contributed by atoms with E-state index in [0.717, 1.165) is 29.0 Å². The van der Waals surface area contributed by atoms with E-state index in [1.165, 1.54) is 6.42 Å². The first-order valence-electron chi connectivity index (χ1n) is 20.5. The number of allylic oxidation sites excluding steroid dienone is 1. The van der Waals surface area contributed by atoms with Crippen LogP contribution in [0.1, 0.15) is 120 Å². The Morgan fingerprint density at radius 1 is 0.877 bits per heavy atom. The van der Waals surface area contributed by atoms with Crippen molar-refractivity contribution < 1.29 is 19.1 Å². The molecular weight excluding hydrogens is 715 g/mol. The van der Waals surface area contributed by atoms with E-state index in [0.29, 0.717) is 68.2 Å². The van der Waals surface area contributed by atoms with Crippen LogP contribution in [-0.2, 0) is 14.3 Å². The predicted octanol–water partition coefficient (Wildman–Crippen LogP) is 8.76. The van der Waals surface area contributed by atoms with Crippen molar-refractivity contribution in [1.29, 1.82) is 0 Å². The van der Waals surface area contributed by atoms with Gasteiger partial charge in [0, 0.05) is 44.9 Å². The van der Waals surface area contributed by atoms with Crippen LogP contribution >= 0.6 is 0 Å². The summed E-state index contributed by atoms with van der Waals surface area (Å²) in [7, 11) is 1.56. The van der Waals surface area contributed by atoms with E-state index in [1.807, 2.05) is 121 Å². The molecule has 0 bridgehead atoms. The highest BCUT2D eigenvalue weighted by molar-refractivity contribution is 5.76. The maximum Gasteiger partial charge on any atom is 0.222 e. The molecule has 0 fully saturated rings. The lowest BCUT2D eigenvalue weighted by atomic mass is 10.1. The van der Waals surface area contributed by atoms with Crippen molar-refractivity contribution in [3.63, 3.8) is 0 Å². The standard InChI is InChI=1S/C32H46N6O3.C5H11NO.C3H8.2C2H6.C2H2/c1-6-38(32(40)18-23(4)5)16-15-34-19-28(33)24-7-11-26(12-8-24)41-27-13-9-25(10-14-27)29-20-35-30(37-29)21-36-31(39)17-22(2)3;1-3-4-5(6)7-2;1-3-2;3*1-2/h7-14,19-20,22-23,30,34-35,37H,6,15-18,21,33H2,1-5H3,(H,36,39);4H,3,6H2,1-2H3;3H2,1-2H3;2*1-2H3;1-2H/b28-19-;5-4-;;;;. The molecule has 1 unspecified atom stereocenters. The van der Waals surface area contributed by atoms with Gasteiger partial charge in [0.05, 0.1) is 25.0 Å². The number of hydrogen-bond acceptors (Lipinski definition) is 9. The summed E-state index contributed by atoms with van der Waals surface area (Å²) in [6.07, 6.45) is 16.8. The van der Waals surface area contributed by atoms with Crippen LogP contribution in [0.15, 0.2) is 72.9 Å². The minimum Gasteiger partial charge on any atom is -0.483 e. The molecule has 1 atom stereocenters. The number of nitrogens with one attached hydrogen (secondary N) is 4. The summed E-state index contributed by atoms with van der Waals surface area (Å²) >= 11 is 0. The van der Waals surface area contributed by atoms with Gasteiger partial charge in [-0.15, -0.1) is 12.8 Å². The normalized spacial score (nSPS) is 12.6. The topological polar surface area (TPSA) is 156 Å².